The van der Waals surface area contributed by atoms with Crippen LogP contribution in [0.25, 0.3) is 0 Å². The zero-order valence-corrected chi connectivity index (χ0v) is 9.38. The van der Waals surface area contributed by atoms with Crippen LogP contribution in [0.15, 0.2) is 24.3 Å². The average Bonchev–Trinajstić information content (AvgIpc) is 2.19. The third-order valence-electron chi connectivity index (χ3n) is 2.64. The lowest BCUT2D eigenvalue weighted by atomic mass is 9.84. The summed E-state index contributed by atoms with van der Waals surface area (Å²) < 4.78 is 0. The van der Waals surface area contributed by atoms with E-state index in [4.69, 9.17) is 0 Å². The zero-order chi connectivity index (χ0) is 10.6. The molecule has 0 radical (unpaired) electrons. The van der Waals surface area contributed by atoms with Gasteiger partial charge >= 0.3 is 0 Å². The molecule has 1 N–H and O–H groups in total. The highest BCUT2D eigenvalue weighted by Gasteiger charge is 2.18. The third kappa shape index (κ3) is 2.58. The van der Waals surface area contributed by atoms with Crippen LogP contribution < -0.4 is 0 Å². The quantitative estimate of drug-likeness (QED) is 0.777. The summed E-state index contributed by atoms with van der Waals surface area (Å²) in [5.74, 6) is 0. The first kappa shape index (κ1) is 11.3. The molecule has 1 aromatic carbocycles. The molecule has 0 unspecified atom stereocenters. The molecule has 0 aliphatic heterocycles. The summed E-state index contributed by atoms with van der Waals surface area (Å²) in [4.78, 5) is 0. The van der Waals surface area contributed by atoms with E-state index < -0.39 is 0 Å². The number of hydrogen-bond acceptors (Lipinski definition) is 1. The highest BCUT2D eigenvalue weighted by atomic mass is 16.3. The third-order valence-corrected chi connectivity index (χ3v) is 2.64. The normalized spacial score (nSPS) is 11.7. The molecule has 1 nitrogen and oxygen atoms in total. The van der Waals surface area contributed by atoms with E-state index in [2.05, 4.69) is 45.0 Å². The molecule has 0 aliphatic carbocycles. The molecule has 0 bridgehead atoms. The Bertz CT molecular complexity index is 289. The van der Waals surface area contributed by atoms with Crippen LogP contribution in [0.5, 0.6) is 0 Å². The first-order chi connectivity index (χ1) is 6.60. The van der Waals surface area contributed by atoms with Gasteiger partial charge in [0.15, 0.2) is 0 Å². The molecule has 0 amide bonds. The Morgan fingerprint density at radius 3 is 2.57 bits per heavy atom. The van der Waals surface area contributed by atoms with Gasteiger partial charge in [0.2, 0.25) is 0 Å². The summed E-state index contributed by atoms with van der Waals surface area (Å²) in [6.45, 7) is 6.52. The van der Waals surface area contributed by atoms with Crippen LogP contribution in [0.2, 0.25) is 0 Å². The molecular weight excluding hydrogens is 172 g/mol. The van der Waals surface area contributed by atoms with Crippen LogP contribution in [0.1, 0.15) is 38.3 Å². The molecule has 0 spiro atoms. The van der Waals surface area contributed by atoms with Crippen LogP contribution in [0, 0.1) is 0 Å². The fourth-order valence-corrected chi connectivity index (χ4v) is 1.53. The van der Waals surface area contributed by atoms with Crippen LogP contribution in [-0.4, -0.2) is 11.7 Å². The highest BCUT2D eigenvalue weighted by molar-refractivity contribution is 5.29. The second-order valence-corrected chi connectivity index (χ2v) is 4.49. The standard InChI is InChI=1S/C13H20O/c1-4-6-11-7-5-8-12(9-11)13(2,3)10-14/h5,7-9,14H,4,6,10H2,1-3H3. The van der Waals surface area contributed by atoms with Gasteiger partial charge in [-0.2, -0.15) is 0 Å². The minimum Gasteiger partial charge on any atom is -0.395 e. The van der Waals surface area contributed by atoms with Gasteiger partial charge < -0.3 is 5.11 Å². The summed E-state index contributed by atoms with van der Waals surface area (Å²) in [6, 6.07) is 8.54. The maximum absolute atomic E-state index is 9.27. The average molecular weight is 192 g/mol. The van der Waals surface area contributed by atoms with Gasteiger partial charge in [-0.15, -0.1) is 0 Å². The van der Waals surface area contributed by atoms with Gasteiger partial charge in [0.25, 0.3) is 0 Å². The van der Waals surface area contributed by atoms with Crippen molar-refractivity contribution in [1.29, 1.82) is 0 Å². The van der Waals surface area contributed by atoms with Gasteiger partial charge in [0, 0.05) is 5.41 Å². The number of benzene rings is 1. The Morgan fingerprint density at radius 2 is 2.00 bits per heavy atom. The van der Waals surface area contributed by atoms with Crippen molar-refractivity contribution < 1.29 is 5.11 Å². The first-order valence-electron chi connectivity index (χ1n) is 5.30. The largest absolute Gasteiger partial charge is 0.395 e. The van der Waals surface area contributed by atoms with Gasteiger partial charge in [0.05, 0.1) is 6.61 Å². The molecule has 0 saturated carbocycles. The molecule has 0 aromatic heterocycles. The fourth-order valence-electron chi connectivity index (χ4n) is 1.53. The molecule has 14 heavy (non-hydrogen) atoms. The minimum atomic E-state index is -0.121. The summed E-state index contributed by atoms with van der Waals surface area (Å²) in [6.07, 6.45) is 2.29. The van der Waals surface area contributed by atoms with E-state index in [9.17, 15) is 5.11 Å². The number of hydrogen-bond donors (Lipinski definition) is 1. The van der Waals surface area contributed by atoms with Gasteiger partial charge in [-0.1, -0.05) is 51.5 Å². The summed E-state index contributed by atoms with van der Waals surface area (Å²) in [5.41, 5.74) is 2.47. The van der Waals surface area contributed by atoms with Crippen molar-refractivity contribution in [2.24, 2.45) is 0 Å². The Kier molecular flexibility index (Phi) is 3.70. The topological polar surface area (TPSA) is 20.2 Å². The van der Waals surface area contributed by atoms with Crippen LogP contribution in [0.4, 0.5) is 0 Å². The molecule has 0 fully saturated rings. The molecule has 1 aromatic rings. The Hall–Kier alpha value is -0.820. The number of aryl methyl sites for hydroxylation is 1. The van der Waals surface area contributed by atoms with Crippen LogP contribution in [-0.2, 0) is 11.8 Å². The second kappa shape index (κ2) is 4.61. The zero-order valence-electron chi connectivity index (χ0n) is 9.38. The van der Waals surface area contributed by atoms with Gasteiger partial charge in [-0.3, -0.25) is 0 Å². The monoisotopic (exact) mass is 192 g/mol. The van der Waals surface area contributed by atoms with Gasteiger partial charge in [-0.25, -0.2) is 0 Å². The first-order valence-corrected chi connectivity index (χ1v) is 5.30. The molecule has 1 heteroatoms. The van der Waals surface area contributed by atoms with Crippen molar-refractivity contribution in [2.45, 2.75) is 39.0 Å². The summed E-state index contributed by atoms with van der Waals surface area (Å²) in [5, 5.41) is 9.27. The van der Waals surface area contributed by atoms with Crippen molar-refractivity contribution in [3.63, 3.8) is 0 Å². The van der Waals surface area contributed by atoms with Crippen molar-refractivity contribution >= 4 is 0 Å². The minimum absolute atomic E-state index is 0.121. The van der Waals surface area contributed by atoms with E-state index in [1.165, 1.54) is 17.5 Å². The van der Waals surface area contributed by atoms with Crippen molar-refractivity contribution in [1.82, 2.24) is 0 Å². The number of aliphatic hydroxyl groups excluding tert-OH is 1. The molecule has 0 saturated heterocycles. The molecular formula is C13H20O. The SMILES string of the molecule is CCCc1cccc(C(C)(C)CO)c1. The Labute approximate surface area is 86.8 Å². The second-order valence-electron chi connectivity index (χ2n) is 4.49. The predicted molar refractivity (Wildman–Crippen MR) is 60.5 cm³/mol. The van der Waals surface area contributed by atoms with Gasteiger partial charge in [-0.05, 0) is 17.5 Å². The smallest absolute Gasteiger partial charge is 0.0522 e. The lowest BCUT2D eigenvalue weighted by Crippen LogP contribution is -2.22. The van der Waals surface area contributed by atoms with E-state index >= 15 is 0 Å². The molecule has 0 heterocycles. The van der Waals surface area contributed by atoms with Crippen LogP contribution >= 0.6 is 0 Å². The lowest BCUT2D eigenvalue weighted by molar-refractivity contribution is 0.218. The molecule has 0 aliphatic rings. The lowest BCUT2D eigenvalue weighted by Gasteiger charge is -2.22. The Morgan fingerprint density at radius 1 is 1.29 bits per heavy atom. The maximum Gasteiger partial charge on any atom is 0.0522 e. The van der Waals surface area contributed by atoms with E-state index in [-0.39, 0.29) is 12.0 Å². The number of rotatable bonds is 4. The molecule has 1 rings (SSSR count). The molecule has 78 valence electrons. The summed E-state index contributed by atoms with van der Waals surface area (Å²) in [7, 11) is 0. The van der Waals surface area contributed by atoms with E-state index in [0.29, 0.717) is 0 Å². The van der Waals surface area contributed by atoms with E-state index in [1.54, 1.807) is 0 Å². The van der Waals surface area contributed by atoms with Gasteiger partial charge in [0.1, 0.15) is 0 Å². The van der Waals surface area contributed by atoms with Crippen molar-refractivity contribution in [3.8, 4) is 0 Å². The number of aliphatic hydroxyl groups is 1. The van der Waals surface area contributed by atoms with Crippen molar-refractivity contribution in [2.75, 3.05) is 6.61 Å². The highest BCUT2D eigenvalue weighted by Crippen LogP contribution is 2.23. The van der Waals surface area contributed by atoms with E-state index in [1.807, 2.05) is 0 Å². The Balaban J connectivity index is 2.93. The fraction of sp³-hybridized carbons (Fsp3) is 0.538. The maximum atomic E-state index is 9.27. The predicted octanol–water partition coefficient (Wildman–Crippen LogP) is 2.91. The van der Waals surface area contributed by atoms with Crippen LogP contribution in [0.3, 0.4) is 0 Å². The van der Waals surface area contributed by atoms with E-state index in [0.717, 1.165) is 6.42 Å². The summed E-state index contributed by atoms with van der Waals surface area (Å²) >= 11 is 0. The van der Waals surface area contributed by atoms with Crippen molar-refractivity contribution in [3.05, 3.63) is 35.4 Å². The molecule has 0 atom stereocenters.